The number of nitrogens with two attached hydrogens (primary N) is 2. The van der Waals surface area contributed by atoms with E-state index in [1.807, 2.05) is 24.3 Å². The van der Waals surface area contributed by atoms with Gasteiger partial charge in [0.15, 0.2) is 0 Å². The van der Waals surface area contributed by atoms with Crippen LogP contribution < -0.4 is 17.2 Å². The standard InChI is InChI=1S/C21H22N6O6/c22-10-21(27-6-5-16(24)26-20(27)31)18(29)17(28)15(33-21)9-32-19(30)13(23)7-11-8-25-14-4-2-1-3-12(11)14/h1-6,8,13,15,17-18,25,28-29H,7,9,23H2,(H2,24,26,31)/t13-,15+,17?,18?,21+/m0/s1. The van der Waals surface area contributed by atoms with E-state index in [0.29, 0.717) is 0 Å². The molecule has 12 heteroatoms. The largest absolute Gasteiger partial charge is 0.462 e. The molecular formula is C21H22N6O6. The molecule has 0 radical (unpaired) electrons. The first-order valence-electron chi connectivity index (χ1n) is 10.0. The molecule has 1 aliphatic heterocycles. The van der Waals surface area contributed by atoms with Crippen molar-refractivity contribution in [2.75, 3.05) is 12.3 Å². The fraction of sp³-hybridized carbons (Fsp3) is 0.333. The first-order valence-corrected chi connectivity index (χ1v) is 10.0. The number of ether oxygens (including phenoxy) is 2. The average molecular weight is 454 g/mol. The Morgan fingerprint density at radius 2 is 2.15 bits per heavy atom. The fourth-order valence-corrected chi connectivity index (χ4v) is 3.84. The van der Waals surface area contributed by atoms with Gasteiger partial charge in [0.05, 0.1) is 0 Å². The third-order valence-corrected chi connectivity index (χ3v) is 5.59. The predicted molar refractivity (Wildman–Crippen MR) is 114 cm³/mol. The molecule has 0 saturated carbocycles. The van der Waals surface area contributed by atoms with Gasteiger partial charge in [0.25, 0.3) is 5.72 Å². The van der Waals surface area contributed by atoms with Crippen molar-refractivity contribution in [3.8, 4) is 6.07 Å². The maximum atomic E-state index is 12.4. The molecule has 2 aromatic heterocycles. The molecule has 2 unspecified atom stereocenters. The number of para-hydroxylation sites is 1. The van der Waals surface area contributed by atoms with Gasteiger partial charge in [-0.2, -0.15) is 10.2 Å². The van der Waals surface area contributed by atoms with Crippen LogP contribution >= 0.6 is 0 Å². The lowest BCUT2D eigenvalue weighted by Crippen LogP contribution is -2.49. The lowest BCUT2D eigenvalue weighted by Gasteiger charge is -2.26. The third kappa shape index (κ3) is 3.94. The maximum Gasteiger partial charge on any atom is 0.352 e. The Morgan fingerprint density at radius 3 is 2.88 bits per heavy atom. The number of aliphatic hydroxyl groups excluding tert-OH is 2. The molecule has 5 atom stereocenters. The second-order valence-corrected chi connectivity index (χ2v) is 7.71. The minimum Gasteiger partial charge on any atom is -0.462 e. The van der Waals surface area contributed by atoms with E-state index in [1.165, 1.54) is 6.07 Å². The van der Waals surface area contributed by atoms with E-state index < -0.39 is 48.3 Å². The fourth-order valence-electron chi connectivity index (χ4n) is 3.84. The number of nitrogens with one attached hydrogen (secondary N) is 1. The Bertz CT molecular complexity index is 1280. The number of hydrogen-bond acceptors (Lipinski definition) is 10. The van der Waals surface area contributed by atoms with Gasteiger partial charge in [-0.3, -0.25) is 9.36 Å². The Kier molecular flexibility index (Phi) is 5.88. The van der Waals surface area contributed by atoms with Gasteiger partial charge in [-0.05, 0) is 17.7 Å². The number of carbonyl (C=O) groups is 1. The monoisotopic (exact) mass is 454 g/mol. The van der Waals surface area contributed by atoms with Crippen LogP contribution in [0.5, 0.6) is 0 Å². The molecule has 7 N–H and O–H groups in total. The topological polar surface area (TPSA) is 202 Å². The molecule has 0 amide bonds. The Morgan fingerprint density at radius 1 is 1.39 bits per heavy atom. The van der Waals surface area contributed by atoms with Crippen LogP contribution in [0.15, 0.2) is 47.5 Å². The summed E-state index contributed by atoms with van der Waals surface area (Å²) in [7, 11) is 0. The number of nitrogen functional groups attached to an aromatic ring is 1. The van der Waals surface area contributed by atoms with Gasteiger partial charge in [0.2, 0.25) is 0 Å². The van der Waals surface area contributed by atoms with Crippen LogP contribution in [0.3, 0.4) is 0 Å². The van der Waals surface area contributed by atoms with Crippen molar-refractivity contribution in [3.05, 3.63) is 58.8 Å². The van der Waals surface area contributed by atoms with Crippen LogP contribution in [0, 0.1) is 11.3 Å². The van der Waals surface area contributed by atoms with Crippen molar-refractivity contribution in [2.45, 2.75) is 36.5 Å². The number of benzene rings is 1. The summed E-state index contributed by atoms with van der Waals surface area (Å²) in [6, 6.07) is 9.49. The van der Waals surface area contributed by atoms with Gasteiger partial charge in [0, 0.05) is 29.7 Å². The SMILES string of the molecule is N#C[C@@]1(n2ccc(N)nc2=O)O[C@H](COC(=O)[C@@H](N)Cc2c[nH]c3ccccc23)C(O)C1O. The van der Waals surface area contributed by atoms with Crippen molar-refractivity contribution in [1.29, 1.82) is 5.26 Å². The number of aliphatic hydroxyl groups is 2. The number of H-pyrrole nitrogens is 1. The summed E-state index contributed by atoms with van der Waals surface area (Å²) in [5.41, 5.74) is 9.96. The van der Waals surface area contributed by atoms with Gasteiger partial charge in [0.1, 0.15) is 42.8 Å². The number of aromatic amines is 1. The number of hydrogen-bond donors (Lipinski definition) is 5. The van der Waals surface area contributed by atoms with Crippen LogP contribution in [0.25, 0.3) is 10.9 Å². The minimum atomic E-state index is -2.28. The van der Waals surface area contributed by atoms with E-state index in [-0.39, 0.29) is 12.2 Å². The Balaban J connectivity index is 1.44. The van der Waals surface area contributed by atoms with Crippen LogP contribution in [0.1, 0.15) is 5.56 Å². The first-order chi connectivity index (χ1) is 15.8. The van der Waals surface area contributed by atoms with Crippen molar-refractivity contribution >= 4 is 22.7 Å². The second-order valence-electron chi connectivity index (χ2n) is 7.71. The Hall–Kier alpha value is -3.76. The summed E-state index contributed by atoms with van der Waals surface area (Å²) in [6.45, 7) is -0.501. The number of anilines is 1. The molecule has 0 spiro atoms. The molecule has 3 aromatic rings. The zero-order valence-electron chi connectivity index (χ0n) is 17.3. The number of esters is 1. The molecule has 172 valence electrons. The minimum absolute atomic E-state index is 0.0907. The van der Waals surface area contributed by atoms with E-state index in [1.54, 1.807) is 12.3 Å². The molecule has 0 aliphatic carbocycles. The zero-order valence-corrected chi connectivity index (χ0v) is 17.3. The molecule has 0 bridgehead atoms. The molecule has 4 rings (SSSR count). The highest BCUT2D eigenvalue weighted by Crippen LogP contribution is 2.34. The van der Waals surface area contributed by atoms with Crippen molar-refractivity contribution in [3.63, 3.8) is 0 Å². The summed E-state index contributed by atoms with van der Waals surface area (Å²) < 4.78 is 11.4. The van der Waals surface area contributed by atoms with Crippen molar-refractivity contribution in [1.82, 2.24) is 14.5 Å². The molecule has 1 aliphatic rings. The van der Waals surface area contributed by atoms with Gasteiger partial charge in [-0.15, -0.1) is 0 Å². The zero-order chi connectivity index (χ0) is 23.8. The molecule has 33 heavy (non-hydrogen) atoms. The van der Waals surface area contributed by atoms with Gasteiger partial charge in [-0.25, -0.2) is 4.79 Å². The Labute approximate surface area is 187 Å². The number of nitrogens with zero attached hydrogens (tertiary/aromatic N) is 3. The number of fused-ring (bicyclic) bond motifs is 1. The molecule has 3 heterocycles. The highest BCUT2D eigenvalue weighted by molar-refractivity contribution is 5.84. The maximum absolute atomic E-state index is 12.4. The van der Waals surface area contributed by atoms with Crippen LogP contribution in [-0.4, -0.2) is 61.7 Å². The quantitative estimate of drug-likeness (QED) is 0.279. The van der Waals surface area contributed by atoms with E-state index >= 15 is 0 Å². The molecule has 1 aromatic carbocycles. The molecule has 1 saturated heterocycles. The van der Waals surface area contributed by atoms with Crippen LogP contribution in [0.2, 0.25) is 0 Å². The normalized spacial score (nSPS) is 25.6. The van der Waals surface area contributed by atoms with Gasteiger partial charge in [-0.1, -0.05) is 18.2 Å². The average Bonchev–Trinajstić information content (AvgIpc) is 3.32. The highest BCUT2D eigenvalue weighted by atomic mass is 16.6. The van der Waals surface area contributed by atoms with Gasteiger partial charge >= 0.3 is 11.7 Å². The number of rotatable bonds is 6. The van der Waals surface area contributed by atoms with Crippen molar-refractivity contribution < 1.29 is 24.5 Å². The number of nitriles is 1. The highest BCUT2D eigenvalue weighted by Gasteiger charge is 2.57. The molecule has 1 fully saturated rings. The predicted octanol–water partition coefficient (Wildman–Crippen LogP) is -1.28. The summed E-state index contributed by atoms with van der Waals surface area (Å²) in [6.07, 6.45) is -1.67. The summed E-state index contributed by atoms with van der Waals surface area (Å²) in [5.74, 6) is -0.849. The van der Waals surface area contributed by atoms with Crippen LogP contribution in [-0.2, 0) is 26.4 Å². The molecular weight excluding hydrogens is 432 g/mol. The summed E-state index contributed by atoms with van der Waals surface area (Å²) in [4.78, 5) is 31.2. The van der Waals surface area contributed by atoms with E-state index in [0.717, 1.165) is 27.2 Å². The lowest BCUT2D eigenvalue weighted by atomic mass is 10.0. The van der Waals surface area contributed by atoms with Crippen LogP contribution in [0.4, 0.5) is 5.82 Å². The third-order valence-electron chi connectivity index (χ3n) is 5.59. The van der Waals surface area contributed by atoms with E-state index in [4.69, 9.17) is 20.9 Å². The second kappa shape index (κ2) is 8.64. The molecule has 12 nitrogen and oxygen atoms in total. The summed E-state index contributed by atoms with van der Waals surface area (Å²) in [5, 5.41) is 31.5. The summed E-state index contributed by atoms with van der Waals surface area (Å²) >= 11 is 0. The smallest absolute Gasteiger partial charge is 0.352 e. The van der Waals surface area contributed by atoms with E-state index in [2.05, 4.69) is 9.97 Å². The van der Waals surface area contributed by atoms with Crippen molar-refractivity contribution in [2.24, 2.45) is 5.73 Å². The number of carbonyl (C=O) groups excluding carboxylic acids is 1. The van der Waals surface area contributed by atoms with Gasteiger partial charge < -0.3 is 36.1 Å². The first kappa shape index (κ1) is 22.4. The number of aromatic nitrogens is 3. The lowest BCUT2D eigenvalue weighted by molar-refractivity contribution is -0.155. The van der Waals surface area contributed by atoms with E-state index in [9.17, 15) is 25.1 Å².